The monoisotopic (exact) mass is 370 g/mol. The number of nitrogens with zero attached hydrogens (tertiary/aromatic N) is 1. The van der Waals surface area contributed by atoms with Crippen molar-refractivity contribution in [2.45, 2.75) is 71.8 Å². The molecular weight excluding hydrogens is 338 g/mol. The zero-order chi connectivity index (χ0) is 18.6. The summed E-state index contributed by atoms with van der Waals surface area (Å²) in [6, 6.07) is 8.00. The van der Waals surface area contributed by atoms with Crippen molar-refractivity contribution in [3.8, 4) is 0 Å². The molecule has 0 N–H and O–H groups in total. The number of carbonyl (C=O) groups excluding carboxylic acids is 1. The van der Waals surface area contributed by atoms with E-state index in [2.05, 4.69) is 30.0 Å². The molecule has 2 rings (SSSR count). The average Bonchev–Trinajstić information content (AvgIpc) is 3.09. The Labute approximate surface area is 162 Å². The molecule has 0 spiro atoms. The first-order chi connectivity index (χ1) is 12.7. The van der Waals surface area contributed by atoms with Crippen LogP contribution in [-0.2, 0) is 6.54 Å². The van der Waals surface area contributed by atoms with Crippen molar-refractivity contribution in [1.29, 1.82) is 0 Å². The van der Waals surface area contributed by atoms with Crippen LogP contribution in [0.1, 0.15) is 78.4 Å². The van der Waals surface area contributed by atoms with Gasteiger partial charge >= 0.3 is 0 Å². The molecule has 0 bridgehead atoms. The molecule has 3 heteroatoms. The number of ketones is 1. The zero-order valence-corrected chi connectivity index (χ0v) is 17.1. The molecule has 2 aromatic rings. The highest BCUT2D eigenvalue weighted by molar-refractivity contribution is 7.14. The van der Waals surface area contributed by atoms with Gasteiger partial charge in [-0.1, -0.05) is 45.4 Å². The van der Waals surface area contributed by atoms with E-state index < -0.39 is 0 Å². The first-order valence-electron chi connectivity index (χ1n) is 9.97. The standard InChI is InChI=1S/C23H32NOS/c1-3-4-5-6-7-8-9-10-17-24-18-11-12-21(19-24)14-15-22(25)23-16-13-20(2)26-23/h11-16,18-19H,3-10,17H2,1-2H3/q+1/b15-14+. The van der Waals surface area contributed by atoms with Gasteiger partial charge in [-0.25, -0.2) is 4.57 Å². The lowest BCUT2D eigenvalue weighted by Gasteiger charge is -2.01. The number of thiophene rings is 1. The van der Waals surface area contributed by atoms with Crippen LogP contribution in [0.4, 0.5) is 0 Å². The maximum absolute atomic E-state index is 12.2. The Kier molecular flexibility index (Phi) is 9.33. The van der Waals surface area contributed by atoms with Crippen LogP contribution < -0.4 is 4.57 Å². The third-order valence-electron chi connectivity index (χ3n) is 4.56. The van der Waals surface area contributed by atoms with Crippen LogP contribution in [0.3, 0.4) is 0 Å². The fourth-order valence-electron chi connectivity index (χ4n) is 3.03. The van der Waals surface area contributed by atoms with Gasteiger partial charge in [0.15, 0.2) is 18.2 Å². The fraction of sp³-hybridized carbons (Fsp3) is 0.478. The van der Waals surface area contributed by atoms with E-state index in [1.54, 1.807) is 17.4 Å². The first kappa shape index (κ1) is 20.6. The first-order valence-corrected chi connectivity index (χ1v) is 10.8. The van der Waals surface area contributed by atoms with Crippen LogP contribution in [0.2, 0.25) is 0 Å². The van der Waals surface area contributed by atoms with Crippen LogP contribution in [0.15, 0.2) is 42.7 Å². The van der Waals surface area contributed by atoms with Crippen molar-refractivity contribution in [2.24, 2.45) is 0 Å². The summed E-state index contributed by atoms with van der Waals surface area (Å²) in [5.41, 5.74) is 1.08. The number of allylic oxidation sites excluding steroid dienone is 1. The summed E-state index contributed by atoms with van der Waals surface area (Å²) in [5.74, 6) is 0.0848. The van der Waals surface area contributed by atoms with Crippen molar-refractivity contribution < 1.29 is 9.36 Å². The molecule has 0 saturated carbocycles. The highest BCUT2D eigenvalue weighted by atomic mass is 32.1. The van der Waals surface area contributed by atoms with E-state index in [-0.39, 0.29) is 5.78 Å². The summed E-state index contributed by atoms with van der Waals surface area (Å²) < 4.78 is 2.23. The van der Waals surface area contributed by atoms with Crippen LogP contribution in [-0.4, -0.2) is 5.78 Å². The maximum atomic E-state index is 12.2. The molecule has 2 aromatic heterocycles. The molecule has 2 nitrogen and oxygen atoms in total. The number of pyridine rings is 1. The minimum absolute atomic E-state index is 0.0848. The van der Waals surface area contributed by atoms with Crippen molar-refractivity contribution in [2.75, 3.05) is 0 Å². The van der Waals surface area contributed by atoms with Gasteiger partial charge in [0.25, 0.3) is 0 Å². The van der Waals surface area contributed by atoms with Crippen LogP contribution in [0.25, 0.3) is 6.08 Å². The molecule has 140 valence electrons. The minimum atomic E-state index is 0.0848. The molecule has 0 aliphatic rings. The molecule has 0 radical (unpaired) electrons. The van der Waals surface area contributed by atoms with E-state index in [9.17, 15) is 4.79 Å². The van der Waals surface area contributed by atoms with E-state index in [0.29, 0.717) is 0 Å². The summed E-state index contributed by atoms with van der Waals surface area (Å²) in [7, 11) is 0. The number of carbonyl (C=O) groups is 1. The maximum Gasteiger partial charge on any atom is 0.195 e. The molecule has 0 aliphatic heterocycles. The molecule has 26 heavy (non-hydrogen) atoms. The van der Waals surface area contributed by atoms with Gasteiger partial charge < -0.3 is 0 Å². The summed E-state index contributed by atoms with van der Waals surface area (Å²) >= 11 is 1.55. The Morgan fingerprint density at radius 1 is 1.04 bits per heavy atom. The quantitative estimate of drug-likeness (QED) is 0.184. The lowest BCUT2D eigenvalue weighted by Crippen LogP contribution is -2.32. The molecule has 0 atom stereocenters. The SMILES string of the molecule is CCCCCCCCCC[n+]1cccc(/C=C/C(=O)c2ccc(C)s2)c1. The van der Waals surface area contributed by atoms with Crippen molar-refractivity contribution >= 4 is 23.2 Å². The zero-order valence-electron chi connectivity index (χ0n) is 16.2. The summed E-state index contributed by atoms with van der Waals surface area (Å²) in [6.45, 7) is 5.34. The van der Waals surface area contributed by atoms with Crippen molar-refractivity contribution in [3.05, 3.63) is 58.1 Å². The van der Waals surface area contributed by atoms with Gasteiger partial charge in [0.2, 0.25) is 0 Å². The molecule has 0 amide bonds. The van der Waals surface area contributed by atoms with E-state index in [1.807, 2.05) is 31.2 Å². The Morgan fingerprint density at radius 3 is 2.46 bits per heavy atom. The third kappa shape index (κ3) is 7.65. The minimum Gasteiger partial charge on any atom is -0.288 e. The lowest BCUT2D eigenvalue weighted by atomic mass is 10.1. The highest BCUT2D eigenvalue weighted by Gasteiger charge is 2.05. The van der Waals surface area contributed by atoms with Gasteiger partial charge in [0, 0.05) is 22.9 Å². The normalized spacial score (nSPS) is 11.3. The smallest absolute Gasteiger partial charge is 0.195 e. The lowest BCUT2D eigenvalue weighted by molar-refractivity contribution is -0.697. The number of aromatic nitrogens is 1. The second-order valence-electron chi connectivity index (χ2n) is 6.96. The summed E-state index contributed by atoms with van der Waals surface area (Å²) in [4.78, 5) is 14.1. The molecule has 0 unspecified atom stereocenters. The Hall–Kier alpha value is -1.74. The van der Waals surface area contributed by atoms with Gasteiger partial charge in [-0.05, 0) is 43.7 Å². The predicted octanol–water partition coefficient (Wildman–Crippen LogP) is 6.38. The van der Waals surface area contributed by atoms with E-state index in [0.717, 1.165) is 17.0 Å². The van der Waals surface area contributed by atoms with Crippen molar-refractivity contribution in [1.82, 2.24) is 0 Å². The molecule has 0 aromatic carbocycles. The Morgan fingerprint density at radius 2 is 1.77 bits per heavy atom. The number of rotatable bonds is 12. The van der Waals surface area contributed by atoms with Gasteiger partial charge in [0.1, 0.15) is 6.54 Å². The van der Waals surface area contributed by atoms with Crippen LogP contribution >= 0.6 is 11.3 Å². The van der Waals surface area contributed by atoms with E-state index in [1.165, 1.54) is 56.2 Å². The number of aryl methyl sites for hydroxylation is 2. The van der Waals surface area contributed by atoms with E-state index in [4.69, 9.17) is 0 Å². The van der Waals surface area contributed by atoms with Crippen molar-refractivity contribution in [3.63, 3.8) is 0 Å². The molecular formula is C23H32NOS+. The predicted molar refractivity (Wildman–Crippen MR) is 112 cm³/mol. The van der Waals surface area contributed by atoms with Gasteiger partial charge in [0.05, 0.1) is 4.88 Å². The number of hydrogen-bond acceptors (Lipinski definition) is 2. The average molecular weight is 371 g/mol. The second-order valence-corrected chi connectivity index (χ2v) is 8.25. The summed E-state index contributed by atoms with van der Waals surface area (Å²) in [5, 5.41) is 0. The molecule has 0 saturated heterocycles. The fourth-order valence-corrected chi connectivity index (χ4v) is 3.82. The van der Waals surface area contributed by atoms with Gasteiger partial charge in [-0.3, -0.25) is 4.79 Å². The molecule has 2 heterocycles. The second kappa shape index (κ2) is 11.8. The van der Waals surface area contributed by atoms with E-state index >= 15 is 0 Å². The largest absolute Gasteiger partial charge is 0.288 e. The molecule has 0 fully saturated rings. The highest BCUT2D eigenvalue weighted by Crippen LogP contribution is 2.16. The van der Waals surface area contributed by atoms with Gasteiger partial charge in [-0.15, -0.1) is 11.3 Å². The summed E-state index contributed by atoms with van der Waals surface area (Å²) in [6.07, 6.45) is 18.6. The van der Waals surface area contributed by atoms with Crippen LogP contribution in [0.5, 0.6) is 0 Å². The number of hydrogen-bond donors (Lipinski definition) is 0. The molecule has 0 aliphatic carbocycles. The number of unbranched alkanes of at least 4 members (excludes halogenated alkanes) is 7. The Bertz CT molecular complexity index is 702. The topological polar surface area (TPSA) is 20.9 Å². The van der Waals surface area contributed by atoms with Gasteiger partial charge in [-0.2, -0.15) is 0 Å². The Balaban J connectivity index is 1.73. The van der Waals surface area contributed by atoms with Crippen LogP contribution in [0, 0.1) is 6.92 Å². The third-order valence-corrected chi connectivity index (χ3v) is 5.58.